The second-order valence-electron chi connectivity index (χ2n) is 5.42. The molecule has 1 saturated carbocycles. The highest BCUT2D eigenvalue weighted by Crippen LogP contribution is 2.26. The lowest BCUT2D eigenvalue weighted by atomic mass is 10.1. The van der Waals surface area contributed by atoms with E-state index in [4.69, 9.17) is 10.2 Å². The Kier molecular flexibility index (Phi) is 6.41. The molecular weight excluding hydrogens is 278 g/mol. The summed E-state index contributed by atoms with van der Waals surface area (Å²) in [4.78, 5) is 35.2. The molecule has 120 valence electrons. The standard InChI is InChI=1S/C13H23N3O5/c1-8(16(2)9-3-4-9)7-14-13(21)15-10(12(19)20)5-6-11(17)18/h8-10H,3-7H2,1-2H3,(H,17,18)(H,19,20)(H2,14,15,21)/t8?,10-/m0/s1. The predicted molar refractivity (Wildman–Crippen MR) is 75.1 cm³/mol. The van der Waals surface area contributed by atoms with Crippen LogP contribution in [0.15, 0.2) is 0 Å². The van der Waals surface area contributed by atoms with Gasteiger partial charge in [0.25, 0.3) is 0 Å². The molecule has 8 nitrogen and oxygen atoms in total. The van der Waals surface area contributed by atoms with Crippen LogP contribution in [0.3, 0.4) is 0 Å². The molecule has 0 aromatic carbocycles. The number of carbonyl (C=O) groups excluding carboxylic acids is 1. The molecular formula is C13H23N3O5. The third-order valence-electron chi connectivity index (χ3n) is 3.63. The van der Waals surface area contributed by atoms with Crippen LogP contribution >= 0.6 is 0 Å². The van der Waals surface area contributed by atoms with E-state index in [-0.39, 0.29) is 18.9 Å². The van der Waals surface area contributed by atoms with Crippen LogP contribution in [0.4, 0.5) is 4.79 Å². The molecule has 1 aliphatic rings. The van der Waals surface area contributed by atoms with E-state index in [0.29, 0.717) is 12.6 Å². The van der Waals surface area contributed by atoms with Crippen molar-refractivity contribution in [1.82, 2.24) is 15.5 Å². The topological polar surface area (TPSA) is 119 Å². The molecule has 8 heteroatoms. The predicted octanol–water partition coefficient (Wildman–Crippen LogP) is 0.0863. The highest BCUT2D eigenvalue weighted by molar-refractivity contribution is 5.83. The Hall–Kier alpha value is -1.83. The first kappa shape index (κ1) is 17.2. The minimum absolute atomic E-state index is 0.143. The quantitative estimate of drug-likeness (QED) is 0.479. The Bertz CT molecular complexity index is 397. The minimum atomic E-state index is -1.24. The fourth-order valence-electron chi connectivity index (χ4n) is 1.96. The number of carboxylic acid groups (broad SMARTS) is 2. The van der Waals surface area contributed by atoms with Crippen molar-refractivity contribution in [2.45, 2.75) is 50.7 Å². The third-order valence-corrected chi connectivity index (χ3v) is 3.63. The first-order chi connectivity index (χ1) is 9.81. The van der Waals surface area contributed by atoms with Gasteiger partial charge in [0.15, 0.2) is 0 Å². The Morgan fingerprint density at radius 2 is 1.90 bits per heavy atom. The molecule has 2 atom stereocenters. The first-order valence-corrected chi connectivity index (χ1v) is 7.02. The fraction of sp³-hybridized carbons (Fsp3) is 0.769. The molecule has 0 saturated heterocycles. The van der Waals surface area contributed by atoms with Gasteiger partial charge in [0.2, 0.25) is 0 Å². The van der Waals surface area contributed by atoms with E-state index in [9.17, 15) is 14.4 Å². The SMILES string of the molecule is CC(CNC(=O)N[C@@H](CCC(=O)O)C(=O)O)N(C)C1CC1. The normalized spacial score (nSPS) is 17.1. The van der Waals surface area contributed by atoms with E-state index in [1.165, 1.54) is 12.8 Å². The second kappa shape index (κ2) is 7.82. The lowest BCUT2D eigenvalue weighted by Crippen LogP contribution is -2.49. The summed E-state index contributed by atoms with van der Waals surface area (Å²) in [6, 6.07) is -1.06. The maximum Gasteiger partial charge on any atom is 0.326 e. The maximum atomic E-state index is 11.7. The van der Waals surface area contributed by atoms with Crippen molar-refractivity contribution in [3.05, 3.63) is 0 Å². The summed E-state index contributed by atoms with van der Waals surface area (Å²) in [6.45, 7) is 2.39. The van der Waals surface area contributed by atoms with E-state index >= 15 is 0 Å². The van der Waals surface area contributed by atoms with Gasteiger partial charge in [-0.2, -0.15) is 0 Å². The summed E-state index contributed by atoms with van der Waals surface area (Å²) in [5.74, 6) is -2.34. The highest BCUT2D eigenvalue weighted by atomic mass is 16.4. The van der Waals surface area contributed by atoms with E-state index in [0.717, 1.165) is 0 Å². The van der Waals surface area contributed by atoms with Crippen LogP contribution in [-0.4, -0.2) is 64.8 Å². The van der Waals surface area contributed by atoms with Gasteiger partial charge in [-0.05, 0) is 33.2 Å². The van der Waals surface area contributed by atoms with Crippen LogP contribution in [0.2, 0.25) is 0 Å². The highest BCUT2D eigenvalue weighted by Gasteiger charge is 2.29. The molecule has 2 amide bonds. The molecule has 0 spiro atoms. The molecule has 1 fully saturated rings. The molecule has 0 heterocycles. The molecule has 1 rings (SSSR count). The van der Waals surface area contributed by atoms with Crippen LogP contribution in [0.25, 0.3) is 0 Å². The van der Waals surface area contributed by atoms with Gasteiger partial charge < -0.3 is 20.8 Å². The summed E-state index contributed by atoms with van der Waals surface area (Å²) in [5, 5.41) is 22.4. The van der Waals surface area contributed by atoms with Crippen molar-refractivity contribution < 1.29 is 24.6 Å². The van der Waals surface area contributed by atoms with E-state index in [2.05, 4.69) is 15.5 Å². The van der Waals surface area contributed by atoms with Gasteiger partial charge in [-0.1, -0.05) is 0 Å². The van der Waals surface area contributed by atoms with E-state index < -0.39 is 24.0 Å². The van der Waals surface area contributed by atoms with E-state index in [1.807, 2.05) is 14.0 Å². The van der Waals surface area contributed by atoms with Gasteiger partial charge >= 0.3 is 18.0 Å². The molecule has 1 aliphatic carbocycles. The first-order valence-electron chi connectivity index (χ1n) is 7.02. The summed E-state index contributed by atoms with van der Waals surface area (Å²) in [5.41, 5.74) is 0. The lowest BCUT2D eigenvalue weighted by Gasteiger charge is -2.25. The van der Waals surface area contributed by atoms with Crippen molar-refractivity contribution in [2.75, 3.05) is 13.6 Å². The molecule has 1 unspecified atom stereocenters. The Morgan fingerprint density at radius 3 is 2.38 bits per heavy atom. The van der Waals surface area contributed by atoms with Crippen molar-refractivity contribution in [3.8, 4) is 0 Å². The zero-order chi connectivity index (χ0) is 16.0. The van der Waals surface area contributed by atoms with Gasteiger partial charge in [-0.15, -0.1) is 0 Å². The Morgan fingerprint density at radius 1 is 1.29 bits per heavy atom. The van der Waals surface area contributed by atoms with Crippen LogP contribution < -0.4 is 10.6 Å². The minimum Gasteiger partial charge on any atom is -0.481 e. The zero-order valence-corrected chi connectivity index (χ0v) is 12.3. The van der Waals surface area contributed by atoms with Gasteiger partial charge in [-0.3, -0.25) is 9.69 Å². The number of carbonyl (C=O) groups is 3. The van der Waals surface area contributed by atoms with Crippen LogP contribution in [0.5, 0.6) is 0 Å². The number of amides is 2. The molecule has 21 heavy (non-hydrogen) atoms. The zero-order valence-electron chi connectivity index (χ0n) is 12.3. The Labute approximate surface area is 123 Å². The van der Waals surface area contributed by atoms with Crippen LogP contribution in [0, 0.1) is 0 Å². The van der Waals surface area contributed by atoms with Crippen LogP contribution in [0.1, 0.15) is 32.6 Å². The molecule has 0 aromatic heterocycles. The van der Waals surface area contributed by atoms with E-state index in [1.54, 1.807) is 0 Å². The van der Waals surface area contributed by atoms with Gasteiger partial charge in [0.1, 0.15) is 6.04 Å². The van der Waals surface area contributed by atoms with Crippen molar-refractivity contribution in [3.63, 3.8) is 0 Å². The molecule has 4 N–H and O–H groups in total. The fourth-order valence-corrected chi connectivity index (χ4v) is 1.96. The van der Waals surface area contributed by atoms with Crippen molar-refractivity contribution >= 4 is 18.0 Å². The smallest absolute Gasteiger partial charge is 0.326 e. The average molecular weight is 301 g/mol. The molecule has 0 radical (unpaired) electrons. The number of hydrogen-bond acceptors (Lipinski definition) is 4. The summed E-state index contributed by atoms with van der Waals surface area (Å²) in [6.07, 6.45) is 1.89. The number of nitrogens with one attached hydrogen (secondary N) is 2. The number of hydrogen-bond donors (Lipinski definition) is 4. The number of urea groups is 1. The molecule has 0 aliphatic heterocycles. The summed E-state index contributed by atoms with van der Waals surface area (Å²) < 4.78 is 0. The molecule has 0 bridgehead atoms. The second-order valence-corrected chi connectivity index (χ2v) is 5.42. The van der Waals surface area contributed by atoms with Crippen molar-refractivity contribution in [2.24, 2.45) is 0 Å². The van der Waals surface area contributed by atoms with Crippen LogP contribution in [-0.2, 0) is 9.59 Å². The monoisotopic (exact) mass is 301 g/mol. The average Bonchev–Trinajstić information content (AvgIpc) is 3.23. The summed E-state index contributed by atoms with van der Waals surface area (Å²) >= 11 is 0. The number of carboxylic acids is 2. The molecule has 0 aromatic rings. The number of rotatable bonds is 9. The Balaban J connectivity index is 2.32. The van der Waals surface area contributed by atoms with Crippen molar-refractivity contribution in [1.29, 1.82) is 0 Å². The third kappa shape index (κ3) is 6.44. The number of likely N-dealkylation sites (N-methyl/N-ethyl adjacent to an activating group) is 1. The number of aliphatic carboxylic acids is 2. The summed E-state index contributed by atoms with van der Waals surface area (Å²) in [7, 11) is 1.99. The van der Waals surface area contributed by atoms with Gasteiger partial charge in [0, 0.05) is 25.0 Å². The van der Waals surface area contributed by atoms with Gasteiger partial charge in [0.05, 0.1) is 0 Å². The number of nitrogens with zero attached hydrogens (tertiary/aromatic N) is 1. The maximum absolute atomic E-state index is 11.7. The van der Waals surface area contributed by atoms with Gasteiger partial charge in [-0.25, -0.2) is 9.59 Å². The lowest BCUT2D eigenvalue weighted by molar-refractivity contribution is -0.140. The largest absolute Gasteiger partial charge is 0.481 e.